The summed E-state index contributed by atoms with van der Waals surface area (Å²) in [5.74, 6) is 1.97. The zero-order valence-electron chi connectivity index (χ0n) is 12.1. The molecule has 1 aromatic heterocycles. The van der Waals surface area contributed by atoms with Gasteiger partial charge in [-0.1, -0.05) is 43.6 Å². The number of hydrogen-bond donors (Lipinski definition) is 1. The molecule has 0 aliphatic heterocycles. The van der Waals surface area contributed by atoms with Crippen LogP contribution in [0.15, 0.2) is 47.1 Å². The van der Waals surface area contributed by atoms with Crippen molar-refractivity contribution in [2.75, 3.05) is 13.1 Å². The highest BCUT2D eigenvalue weighted by molar-refractivity contribution is 6.31. The number of rotatable bonds is 7. The molecular weight excluding hydrogens is 270 g/mol. The van der Waals surface area contributed by atoms with Crippen LogP contribution in [0, 0.1) is 5.92 Å². The van der Waals surface area contributed by atoms with E-state index in [-0.39, 0.29) is 0 Å². The molecule has 1 aromatic carbocycles. The first-order chi connectivity index (χ1) is 9.66. The number of hydrogen-bond acceptors (Lipinski definition) is 2. The molecule has 1 N–H and O–H groups in total. The molecule has 1 heterocycles. The van der Waals surface area contributed by atoms with Gasteiger partial charge in [-0.2, -0.15) is 0 Å². The van der Waals surface area contributed by atoms with Crippen molar-refractivity contribution in [2.24, 2.45) is 5.92 Å². The highest BCUT2D eigenvalue weighted by Gasteiger charge is 2.16. The predicted octanol–water partition coefficient (Wildman–Crippen LogP) is 4.50. The average molecular weight is 292 g/mol. The summed E-state index contributed by atoms with van der Waals surface area (Å²) in [6.07, 6.45) is 2.59. The molecule has 0 bridgehead atoms. The molecule has 1 unspecified atom stereocenters. The van der Waals surface area contributed by atoms with Gasteiger partial charge in [0.15, 0.2) is 0 Å². The average Bonchev–Trinajstić information content (AvgIpc) is 2.91. The fourth-order valence-electron chi connectivity index (χ4n) is 2.32. The molecule has 2 rings (SSSR count). The monoisotopic (exact) mass is 291 g/mol. The SMILES string of the molecule is CC(C)CNCC(Cc1ccco1)c1ccccc1Cl. The summed E-state index contributed by atoms with van der Waals surface area (Å²) in [4.78, 5) is 0. The minimum absolute atomic E-state index is 0.327. The molecule has 0 aliphatic carbocycles. The van der Waals surface area contributed by atoms with Crippen LogP contribution in [-0.4, -0.2) is 13.1 Å². The fraction of sp³-hybridized carbons (Fsp3) is 0.412. The van der Waals surface area contributed by atoms with Gasteiger partial charge in [-0.05, 0) is 36.2 Å². The van der Waals surface area contributed by atoms with Crippen LogP contribution in [0.3, 0.4) is 0 Å². The third-order valence-electron chi connectivity index (χ3n) is 3.32. The first kappa shape index (κ1) is 15.1. The second-order valence-electron chi connectivity index (χ2n) is 5.55. The molecule has 1 atom stereocenters. The van der Waals surface area contributed by atoms with Gasteiger partial charge in [-0.15, -0.1) is 0 Å². The Balaban J connectivity index is 2.09. The Kier molecular flexibility index (Phi) is 5.69. The lowest BCUT2D eigenvalue weighted by Crippen LogP contribution is -2.26. The lowest BCUT2D eigenvalue weighted by Gasteiger charge is -2.19. The summed E-state index contributed by atoms with van der Waals surface area (Å²) in [5, 5.41) is 4.35. The van der Waals surface area contributed by atoms with Crippen LogP contribution in [0.25, 0.3) is 0 Å². The molecule has 0 amide bonds. The molecule has 20 heavy (non-hydrogen) atoms. The van der Waals surface area contributed by atoms with Crippen molar-refractivity contribution in [1.29, 1.82) is 0 Å². The lowest BCUT2D eigenvalue weighted by molar-refractivity contribution is 0.461. The summed E-state index contributed by atoms with van der Waals surface area (Å²) < 4.78 is 5.48. The molecule has 0 saturated carbocycles. The molecule has 0 radical (unpaired) electrons. The maximum atomic E-state index is 6.34. The van der Waals surface area contributed by atoms with Crippen LogP contribution in [-0.2, 0) is 6.42 Å². The predicted molar refractivity (Wildman–Crippen MR) is 84.3 cm³/mol. The molecule has 0 aliphatic rings. The first-order valence-electron chi connectivity index (χ1n) is 7.14. The zero-order valence-corrected chi connectivity index (χ0v) is 12.9. The smallest absolute Gasteiger partial charge is 0.104 e. The maximum absolute atomic E-state index is 6.34. The van der Waals surface area contributed by atoms with Crippen LogP contribution >= 0.6 is 11.6 Å². The van der Waals surface area contributed by atoms with Crippen LogP contribution in [0.4, 0.5) is 0 Å². The topological polar surface area (TPSA) is 25.2 Å². The normalized spacial score (nSPS) is 12.8. The highest BCUT2D eigenvalue weighted by Crippen LogP contribution is 2.27. The van der Waals surface area contributed by atoms with E-state index in [1.165, 1.54) is 5.56 Å². The van der Waals surface area contributed by atoms with E-state index in [1.54, 1.807) is 6.26 Å². The number of furan rings is 1. The maximum Gasteiger partial charge on any atom is 0.104 e. The van der Waals surface area contributed by atoms with Crippen molar-refractivity contribution >= 4 is 11.6 Å². The largest absolute Gasteiger partial charge is 0.469 e. The van der Waals surface area contributed by atoms with Crippen molar-refractivity contribution in [2.45, 2.75) is 26.2 Å². The third-order valence-corrected chi connectivity index (χ3v) is 3.66. The van der Waals surface area contributed by atoms with Gasteiger partial charge in [0.25, 0.3) is 0 Å². The molecule has 2 aromatic rings. The van der Waals surface area contributed by atoms with Gasteiger partial charge in [0.1, 0.15) is 5.76 Å². The van der Waals surface area contributed by atoms with Gasteiger partial charge in [-0.25, -0.2) is 0 Å². The minimum Gasteiger partial charge on any atom is -0.469 e. The Morgan fingerprint density at radius 2 is 1.90 bits per heavy atom. The molecule has 0 fully saturated rings. The van der Waals surface area contributed by atoms with Gasteiger partial charge in [-0.3, -0.25) is 0 Å². The summed E-state index contributed by atoms with van der Waals surface area (Å²) in [6.45, 7) is 6.34. The summed E-state index contributed by atoms with van der Waals surface area (Å²) in [7, 11) is 0. The minimum atomic E-state index is 0.327. The number of benzene rings is 1. The van der Waals surface area contributed by atoms with Crippen LogP contribution in [0.1, 0.15) is 31.1 Å². The molecule has 0 spiro atoms. The van der Waals surface area contributed by atoms with Gasteiger partial charge < -0.3 is 9.73 Å². The zero-order chi connectivity index (χ0) is 14.4. The Morgan fingerprint density at radius 1 is 1.10 bits per heavy atom. The summed E-state index contributed by atoms with van der Waals surface area (Å²) in [6, 6.07) is 12.0. The van der Waals surface area contributed by atoms with E-state index >= 15 is 0 Å². The number of nitrogens with one attached hydrogen (secondary N) is 1. The van der Waals surface area contributed by atoms with E-state index in [9.17, 15) is 0 Å². The van der Waals surface area contributed by atoms with Gasteiger partial charge >= 0.3 is 0 Å². The second-order valence-corrected chi connectivity index (χ2v) is 5.96. The number of halogens is 1. The van der Waals surface area contributed by atoms with E-state index < -0.39 is 0 Å². The van der Waals surface area contributed by atoms with E-state index in [2.05, 4.69) is 25.2 Å². The van der Waals surface area contributed by atoms with Crippen molar-refractivity contribution in [1.82, 2.24) is 5.32 Å². The van der Waals surface area contributed by atoms with Crippen LogP contribution in [0.5, 0.6) is 0 Å². The molecule has 0 saturated heterocycles. The molecule has 108 valence electrons. The van der Waals surface area contributed by atoms with Crippen molar-refractivity contribution in [3.8, 4) is 0 Å². The molecule has 3 heteroatoms. The van der Waals surface area contributed by atoms with Crippen molar-refractivity contribution < 1.29 is 4.42 Å². The second kappa shape index (κ2) is 7.51. The Labute approximate surface area is 126 Å². The Hall–Kier alpha value is -1.25. The Bertz CT molecular complexity index is 507. The standard InChI is InChI=1S/C17H22ClNO/c1-13(2)11-19-12-14(10-15-6-5-9-20-15)16-7-3-4-8-17(16)18/h3-9,13-14,19H,10-12H2,1-2H3. The van der Waals surface area contributed by atoms with E-state index in [0.717, 1.165) is 30.3 Å². The molecule has 2 nitrogen and oxygen atoms in total. The molecular formula is C17H22ClNO. The van der Waals surface area contributed by atoms with Gasteiger partial charge in [0.2, 0.25) is 0 Å². The quantitative estimate of drug-likeness (QED) is 0.812. The van der Waals surface area contributed by atoms with Crippen molar-refractivity contribution in [3.63, 3.8) is 0 Å². The lowest BCUT2D eigenvalue weighted by atomic mass is 9.94. The van der Waals surface area contributed by atoms with Gasteiger partial charge in [0.05, 0.1) is 6.26 Å². The van der Waals surface area contributed by atoms with E-state index in [0.29, 0.717) is 11.8 Å². The highest BCUT2D eigenvalue weighted by atomic mass is 35.5. The van der Waals surface area contributed by atoms with Crippen LogP contribution in [0.2, 0.25) is 5.02 Å². The van der Waals surface area contributed by atoms with E-state index in [4.69, 9.17) is 16.0 Å². The third kappa shape index (κ3) is 4.39. The first-order valence-corrected chi connectivity index (χ1v) is 7.52. The summed E-state index contributed by atoms with van der Waals surface area (Å²) in [5.41, 5.74) is 1.18. The van der Waals surface area contributed by atoms with Crippen LogP contribution < -0.4 is 5.32 Å². The fourth-order valence-corrected chi connectivity index (χ4v) is 2.61. The van der Waals surface area contributed by atoms with E-state index in [1.807, 2.05) is 30.3 Å². The Morgan fingerprint density at radius 3 is 2.55 bits per heavy atom. The summed E-state index contributed by atoms with van der Waals surface area (Å²) >= 11 is 6.34. The van der Waals surface area contributed by atoms with Gasteiger partial charge in [0, 0.05) is 23.9 Å². The van der Waals surface area contributed by atoms with Crippen molar-refractivity contribution in [3.05, 3.63) is 59.0 Å².